The van der Waals surface area contributed by atoms with Crippen molar-refractivity contribution in [1.82, 2.24) is 29.3 Å². The van der Waals surface area contributed by atoms with Crippen LogP contribution >= 0.6 is 19.4 Å². The van der Waals surface area contributed by atoms with Crippen LogP contribution in [0.4, 0.5) is 13.2 Å². The Morgan fingerprint density at radius 3 is 2.69 bits per heavy atom. The van der Waals surface area contributed by atoms with Crippen molar-refractivity contribution in [3.8, 4) is 11.4 Å². The number of aromatic amines is 1. The van der Waals surface area contributed by atoms with Gasteiger partial charge in [0, 0.05) is 6.20 Å². The van der Waals surface area contributed by atoms with Crippen LogP contribution in [0.15, 0.2) is 41.5 Å². The Balaban J connectivity index is 1.80. The number of rotatable bonds is 8. The smallest absolute Gasteiger partial charge is 0.303 e. The molecule has 0 spiro atoms. The van der Waals surface area contributed by atoms with E-state index in [0.29, 0.717) is 17.5 Å². The number of halogens is 4. The van der Waals surface area contributed by atoms with Gasteiger partial charge in [0.15, 0.2) is 11.2 Å². The van der Waals surface area contributed by atoms with Crippen molar-refractivity contribution >= 4 is 30.6 Å². The number of fused-ring (bicyclic) bond motifs is 1. The number of hydrogen-bond donors (Lipinski definition) is 3. The fourth-order valence-electron chi connectivity index (χ4n) is 3.67. The first-order valence-electron chi connectivity index (χ1n) is 10.5. The second kappa shape index (κ2) is 9.79. The highest BCUT2D eigenvalue weighted by Crippen LogP contribution is 2.44. The molecule has 3 heterocycles. The number of nitrogens with one attached hydrogen (secondary N) is 1. The third-order valence-corrected chi connectivity index (χ3v) is 5.79. The molecule has 0 radical (unpaired) electrons. The van der Waals surface area contributed by atoms with Crippen molar-refractivity contribution in [3.05, 3.63) is 63.4 Å². The number of nitrogens with zero attached hydrogens (tertiary/aromatic N) is 5. The molecule has 16 heteroatoms. The van der Waals surface area contributed by atoms with Crippen LogP contribution in [0.5, 0.6) is 0 Å². The van der Waals surface area contributed by atoms with Gasteiger partial charge in [-0.2, -0.15) is 23.3 Å². The fraction of sp³-hybridized carbons (Fsp3) is 0.300. The van der Waals surface area contributed by atoms with E-state index in [1.165, 1.54) is 33.8 Å². The summed E-state index contributed by atoms with van der Waals surface area (Å²) in [7, 11) is -4.97. The van der Waals surface area contributed by atoms with Gasteiger partial charge in [0.2, 0.25) is 5.28 Å². The van der Waals surface area contributed by atoms with Crippen molar-refractivity contribution in [2.24, 2.45) is 0 Å². The standard InChI is InChI=1S/C20H19ClF3N6O5P/c1-2-4-14(35-36(32,33)34)30-16(26-15-17(30)27-19(21)28-18(15)31)12-8-25-29(10-12)9-11-5-3-6-13(7-11)20(22,23)24/h3,5-8,10,14H,2,4,9H2,1H3,(H,27,28,31)(H2,32,33,34). The highest BCUT2D eigenvalue weighted by atomic mass is 35.5. The van der Waals surface area contributed by atoms with Gasteiger partial charge in [-0.1, -0.05) is 25.5 Å². The predicted molar refractivity (Wildman–Crippen MR) is 122 cm³/mol. The molecule has 3 N–H and O–H groups in total. The lowest BCUT2D eigenvalue weighted by atomic mass is 10.1. The fourth-order valence-corrected chi connectivity index (χ4v) is 4.35. The Hall–Kier alpha value is -3.03. The molecule has 0 saturated carbocycles. The minimum absolute atomic E-state index is 0.00776. The van der Waals surface area contributed by atoms with Crippen molar-refractivity contribution < 1.29 is 32.0 Å². The van der Waals surface area contributed by atoms with Crippen molar-refractivity contribution in [2.45, 2.75) is 38.7 Å². The van der Waals surface area contributed by atoms with Crippen LogP contribution in [0.25, 0.3) is 22.6 Å². The van der Waals surface area contributed by atoms with Crippen LogP contribution in [0.1, 0.15) is 37.1 Å². The molecule has 0 bridgehead atoms. The Kier molecular flexibility index (Phi) is 7.08. The molecular weight excluding hydrogens is 528 g/mol. The molecule has 0 amide bonds. The molecule has 192 valence electrons. The molecule has 1 unspecified atom stereocenters. The summed E-state index contributed by atoms with van der Waals surface area (Å²) in [6.07, 6.45) is -2.39. The van der Waals surface area contributed by atoms with Gasteiger partial charge < -0.3 is 9.79 Å². The van der Waals surface area contributed by atoms with Gasteiger partial charge in [0.05, 0.1) is 23.9 Å². The molecule has 4 aromatic rings. The first-order valence-corrected chi connectivity index (χ1v) is 12.4. The molecule has 1 atom stereocenters. The van der Waals surface area contributed by atoms with E-state index in [0.717, 1.165) is 12.1 Å². The van der Waals surface area contributed by atoms with Crippen LogP contribution in [-0.2, 0) is 21.8 Å². The van der Waals surface area contributed by atoms with E-state index in [2.05, 4.69) is 20.1 Å². The molecule has 0 aliphatic carbocycles. The maximum Gasteiger partial charge on any atom is 0.471 e. The number of benzene rings is 1. The summed E-state index contributed by atoms with van der Waals surface area (Å²) in [5.41, 5.74) is -1.08. The largest absolute Gasteiger partial charge is 0.471 e. The Labute approximate surface area is 205 Å². The van der Waals surface area contributed by atoms with Gasteiger partial charge in [-0.05, 0) is 35.7 Å². The molecule has 1 aromatic carbocycles. The van der Waals surface area contributed by atoms with E-state index < -0.39 is 31.3 Å². The second-order valence-corrected chi connectivity index (χ2v) is 9.35. The van der Waals surface area contributed by atoms with Gasteiger partial charge in [-0.3, -0.25) is 23.6 Å². The highest BCUT2D eigenvalue weighted by molar-refractivity contribution is 7.46. The lowest BCUT2D eigenvalue weighted by molar-refractivity contribution is -0.137. The molecule has 3 aromatic heterocycles. The van der Waals surface area contributed by atoms with Gasteiger partial charge in [-0.25, -0.2) is 9.55 Å². The van der Waals surface area contributed by atoms with Crippen LogP contribution in [0.3, 0.4) is 0 Å². The molecular formula is C20H19ClF3N6O5P. The third kappa shape index (κ3) is 5.68. The summed E-state index contributed by atoms with van der Waals surface area (Å²) in [6.45, 7) is 1.75. The topological polar surface area (TPSA) is 148 Å². The van der Waals surface area contributed by atoms with Gasteiger partial charge in [0.1, 0.15) is 12.1 Å². The SMILES string of the molecule is CCCC(OP(=O)(O)O)n1c(-c2cnn(Cc3cccc(C(F)(F)F)c3)c2)nc2c(=O)[nH]c(Cl)nc21. The average molecular weight is 547 g/mol. The Bertz CT molecular complexity index is 1510. The number of alkyl halides is 3. The van der Waals surface area contributed by atoms with E-state index in [1.54, 1.807) is 6.92 Å². The summed E-state index contributed by atoms with van der Waals surface area (Å²) >= 11 is 5.91. The molecule has 11 nitrogen and oxygen atoms in total. The van der Waals surface area contributed by atoms with Crippen LogP contribution < -0.4 is 5.56 Å². The van der Waals surface area contributed by atoms with E-state index >= 15 is 0 Å². The Morgan fingerprint density at radius 1 is 1.28 bits per heavy atom. The molecule has 0 saturated heterocycles. The quantitative estimate of drug-likeness (QED) is 0.221. The maximum absolute atomic E-state index is 13.1. The number of aromatic nitrogens is 6. The summed E-state index contributed by atoms with van der Waals surface area (Å²) in [5.74, 6) is 0.0486. The maximum atomic E-state index is 13.1. The average Bonchev–Trinajstić information content (AvgIpc) is 3.37. The zero-order valence-corrected chi connectivity index (χ0v) is 20.1. The van der Waals surface area contributed by atoms with Crippen molar-refractivity contribution in [1.29, 1.82) is 0 Å². The van der Waals surface area contributed by atoms with Crippen molar-refractivity contribution in [3.63, 3.8) is 0 Å². The first kappa shape index (κ1) is 26.0. The van der Waals surface area contributed by atoms with E-state index in [1.807, 2.05) is 0 Å². The molecule has 4 rings (SSSR count). The van der Waals surface area contributed by atoms with E-state index in [9.17, 15) is 32.3 Å². The number of hydrogen-bond acceptors (Lipinski definition) is 6. The van der Waals surface area contributed by atoms with E-state index in [4.69, 9.17) is 16.1 Å². The van der Waals surface area contributed by atoms with Crippen LogP contribution in [-0.4, -0.2) is 39.1 Å². The lowest BCUT2D eigenvalue weighted by Gasteiger charge is -2.21. The molecule has 0 aliphatic heterocycles. The first-order chi connectivity index (χ1) is 16.9. The van der Waals surface area contributed by atoms with Gasteiger partial charge >= 0.3 is 14.0 Å². The number of imidazole rings is 1. The monoisotopic (exact) mass is 546 g/mol. The second-order valence-electron chi connectivity index (χ2n) is 7.80. The summed E-state index contributed by atoms with van der Waals surface area (Å²) < 4.78 is 58.4. The molecule has 36 heavy (non-hydrogen) atoms. The van der Waals surface area contributed by atoms with E-state index in [-0.39, 0.29) is 35.2 Å². The zero-order valence-electron chi connectivity index (χ0n) is 18.5. The molecule has 0 fully saturated rings. The normalized spacial score (nSPS) is 13.4. The number of phosphoric ester groups is 1. The summed E-state index contributed by atoms with van der Waals surface area (Å²) in [6, 6.07) is 4.78. The van der Waals surface area contributed by atoms with Crippen molar-refractivity contribution in [2.75, 3.05) is 0 Å². The number of phosphoric acid groups is 1. The minimum atomic E-state index is -4.97. The summed E-state index contributed by atoms with van der Waals surface area (Å²) in [5, 5.41) is 3.89. The van der Waals surface area contributed by atoms with Crippen LogP contribution in [0, 0.1) is 0 Å². The zero-order chi connectivity index (χ0) is 26.3. The van der Waals surface area contributed by atoms with Gasteiger partial charge in [0.25, 0.3) is 5.56 Å². The number of H-pyrrole nitrogens is 1. The third-order valence-electron chi connectivity index (χ3n) is 5.09. The minimum Gasteiger partial charge on any atom is -0.303 e. The lowest BCUT2D eigenvalue weighted by Crippen LogP contribution is -2.15. The van der Waals surface area contributed by atoms with Gasteiger partial charge in [-0.15, -0.1) is 0 Å². The highest BCUT2D eigenvalue weighted by Gasteiger charge is 2.31. The predicted octanol–water partition coefficient (Wildman–Crippen LogP) is 4.11. The summed E-state index contributed by atoms with van der Waals surface area (Å²) in [4.78, 5) is 42.0. The molecule has 0 aliphatic rings. The Morgan fingerprint density at radius 2 is 2.03 bits per heavy atom. The van der Waals surface area contributed by atoms with Crippen LogP contribution in [0.2, 0.25) is 5.28 Å².